The quantitative estimate of drug-likeness (QED) is 0.418. The average molecular weight is 444 g/mol. The molecule has 0 aliphatic carbocycles. The van der Waals surface area contributed by atoms with Crippen molar-refractivity contribution in [2.24, 2.45) is 11.8 Å². The molecule has 1 aliphatic heterocycles. The Labute approximate surface area is 176 Å². The van der Waals surface area contributed by atoms with E-state index in [0.717, 1.165) is 12.1 Å². The first-order valence-corrected chi connectivity index (χ1v) is 11.4. The zero-order valence-electron chi connectivity index (χ0n) is 17.2. The highest BCUT2D eigenvalue weighted by Gasteiger charge is 2.43. The largest absolute Gasteiger partial charge is 0.465 e. The lowest BCUT2D eigenvalue weighted by atomic mass is 9.97. The van der Waals surface area contributed by atoms with Crippen molar-refractivity contribution >= 4 is 21.8 Å². The molecule has 10 nitrogen and oxygen atoms in total. The van der Waals surface area contributed by atoms with Gasteiger partial charge in [0.1, 0.15) is 0 Å². The van der Waals surface area contributed by atoms with E-state index in [0.29, 0.717) is 19.3 Å². The van der Waals surface area contributed by atoms with Gasteiger partial charge in [-0.25, -0.2) is 13.2 Å². The van der Waals surface area contributed by atoms with Crippen molar-refractivity contribution < 1.29 is 28.3 Å². The van der Waals surface area contributed by atoms with E-state index in [1.807, 2.05) is 13.8 Å². The SMILES string of the molecule is CC(C)CCN([C@@H]1CN(C(=O)O)C[C@H]1CCCO)S(=O)(=O)c1ccc([N+](=O)[O-])cc1. The van der Waals surface area contributed by atoms with Crippen LogP contribution < -0.4 is 0 Å². The molecule has 2 N–H and O–H groups in total. The fourth-order valence-corrected chi connectivity index (χ4v) is 5.39. The summed E-state index contributed by atoms with van der Waals surface area (Å²) in [6.45, 7) is 4.35. The minimum Gasteiger partial charge on any atom is -0.465 e. The number of nitro groups is 1. The molecule has 1 saturated heterocycles. The topological polar surface area (TPSA) is 141 Å². The van der Waals surface area contributed by atoms with Crippen LogP contribution in [-0.4, -0.2) is 71.1 Å². The molecule has 0 aromatic heterocycles. The lowest BCUT2D eigenvalue weighted by molar-refractivity contribution is -0.384. The predicted molar refractivity (Wildman–Crippen MR) is 110 cm³/mol. The molecular weight excluding hydrogens is 414 g/mol. The number of hydrogen-bond donors (Lipinski definition) is 2. The minimum absolute atomic E-state index is 0.0513. The highest BCUT2D eigenvalue weighted by atomic mass is 32.2. The van der Waals surface area contributed by atoms with Gasteiger partial charge in [0.15, 0.2) is 0 Å². The third-order valence-corrected chi connectivity index (χ3v) is 7.30. The Hall–Kier alpha value is -2.24. The molecule has 168 valence electrons. The zero-order chi connectivity index (χ0) is 22.5. The lowest BCUT2D eigenvalue weighted by Crippen LogP contribution is -2.46. The van der Waals surface area contributed by atoms with Crippen molar-refractivity contribution in [1.29, 1.82) is 0 Å². The Morgan fingerprint density at radius 3 is 2.43 bits per heavy atom. The highest BCUT2D eigenvalue weighted by molar-refractivity contribution is 7.89. The van der Waals surface area contributed by atoms with E-state index in [1.54, 1.807) is 0 Å². The molecule has 30 heavy (non-hydrogen) atoms. The maximum atomic E-state index is 13.4. The van der Waals surface area contributed by atoms with Crippen LogP contribution in [0.15, 0.2) is 29.2 Å². The zero-order valence-corrected chi connectivity index (χ0v) is 18.0. The fraction of sp³-hybridized carbons (Fsp3) is 0.632. The van der Waals surface area contributed by atoms with Gasteiger partial charge in [0.05, 0.1) is 9.82 Å². The second-order valence-electron chi connectivity index (χ2n) is 7.93. The first-order chi connectivity index (χ1) is 14.1. The molecule has 1 aromatic rings. The van der Waals surface area contributed by atoms with Crippen molar-refractivity contribution in [3.05, 3.63) is 34.4 Å². The van der Waals surface area contributed by atoms with Crippen LogP contribution in [0.3, 0.4) is 0 Å². The van der Waals surface area contributed by atoms with Crippen LogP contribution in [0.1, 0.15) is 33.1 Å². The van der Waals surface area contributed by atoms with Crippen LogP contribution in [0.4, 0.5) is 10.5 Å². The molecule has 1 aromatic carbocycles. The van der Waals surface area contributed by atoms with Gasteiger partial charge in [-0.2, -0.15) is 4.31 Å². The van der Waals surface area contributed by atoms with Crippen molar-refractivity contribution in [1.82, 2.24) is 9.21 Å². The van der Waals surface area contributed by atoms with E-state index in [9.17, 15) is 33.5 Å². The summed E-state index contributed by atoms with van der Waals surface area (Å²) in [5, 5.41) is 29.5. The molecule has 1 fully saturated rings. The number of non-ortho nitro benzene ring substituents is 1. The van der Waals surface area contributed by atoms with Gasteiger partial charge in [0.2, 0.25) is 10.0 Å². The summed E-state index contributed by atoms with van der Waals surface area (Å²) >= 11 is 0. The number of aliphatic hydroxyl groups excluding tert-OH is 1. The van der Waals surface area contributed by atoms with Crippen LogP contribution in [0.2, 0.25) is 0 Å². The number of carboxylic acid groups (broad SMARTS) is 1. The Kier molecular flexibility index (Phi) is 8.16. The molecule has 0 bridgehead atoms. The van der Waals surface area contributed by atoms with E-state index >= 15 is 0 Å². The smallest absolute Gasteiger partial charge is 0.407 e. The number of carbonyl (C=O) groups is 1. The predicted octanol–water partition coefficient (Wildman–Crippen LogP) is 2.38. The van der Waals surface area contributed by atoms with Gasteiger partial charge < -0.3 is 15.1 Å². The monoisotopic (exact) mass is 443 g/mol. The molecule has 1 amide bonds. The Bertz CT molecular complexity index is 842. The number of nitrogens with zero attached hydrogens (tertiary/aromatic N) is 3. The number of amides is 1. The highest BCUT2D eigenvalue weighted by Crippen LogP contribution is 2.31. The van der Waals surface area contributed by atoms with E-state index in [2.05, 4.69) is 0 Å². The van der Waals surface area contributed by atoms with E-state index in [1.165, 1.54) is 21.3 Å². The van der Waals surface area contributed by atoms with Crippen molar-refractivity contribution in [2.75, 3.05) is 26.2 Å². The molecule has 1 aliphatic rings. The Morgan fingerprint density at radius 2 is 1.93 bits per heavy atom. The van der Waals surface area contributed by atoms with Gasteiger partial charge in [0.25, 0.3) is 5.69 Å². The van der Waals surface area contributed by atoms with E-state index < -0.39 is 27.1 Å². The third kappa shape index (κ3) is 5.67. The van der Waals surface area contributed by atoms with Crippen LogP contribution in [0.25, 0.3) is 0 Å². The molecule has 2 atom stereocenters. The van der Waals surface area contributed by atoms with Gasteiger partial charge >= 0.3 is 6.09 Å². The standard InChI is InChI=1S/C19H29N3O7S/c1-14(2)9-10-21(18-13-20(19(24)25)12-15(18)4-3-11-23)30(28,29)17-7-5-16(6-8-17)22(26)27/h5-8,14-15,18,23H,3-4,9-13H2,1-2H3,(H,24,25)/t15-,18-/m1/s1. The summed E-state index contributed by atoms with van der Waals surface area (Å²) in [6.07, 6.45) is 0.425. The number of benzene rings is 1. The number of nitro benzene ring substituents is 1. The van der Waals surface area contributed by atoms with Crippen LogP contribution in [-0.2, 0) is 10.0 Å². The van der Waals surface area contributed by atoms with Crippen LogP contribution >= 0.6 is 0 Å². The Morgan fingerprint density at radius 1 is 1.30 bits per heavy atom. The summed E-state index contributed by atoms with van der Waals surface area (Å²) in [7, 11) is -4.00. The molecule has 2 rings (SSSR count). The van der Waals surface area contributed by atoms with Crippen molar-refractivity contribution in [2.45, 2.75) is 44.0 Å². The fourth-order valence-electron chi connectivity index (χ4n) is 3.70. The van der Waals surface area contributed by atoms with E-state index in [4.69, 9.17) is 0 Å². The second kappa shape index (κ2) is 10.2. The molecule has 11 heteroatoms. The van der Waals surface area contributed by atoms with Crippen LogP contribution in [0, 0.1) is 22.0 Å². The van der Waals surface area contributed by atoms with Crippen molar-refractivity contribution in [3.8, 4) is 0 Å². The summed E-state index contributed by atoms with van der Waals surface area (Å²) in [5.74, 6) is -0.0133. The maximum absolute atomic E-state index is 13.4. The number of aliphatic hydroxyl groups is 1. The number of likely N-dealkylation sites (tertiary alicyclic amines) is 1. The van der Waals surface area contributed by atoms with Gasteiger partial charge in [0, 0.05) is 44.4 Å². The summed E-state index contributed by atoms with van der Waals surface area (Å²) in [6, 6.07) is 4.15. The van der Waals surface area contributed by atoms with E-state index in [-0.39, 0.29) is 48.7 Å². The minimum atomic E-state index is -4.00. The third-order valence-electron chi connectivity index (χ3n) is 5.36. The number of sulfonamides is 1. The van der Waals surface area contributed by atoms with Crippen molar-refractivity contribution in [3.63, 3.8) is 0 Å². The molecule has 0 radical (unpaired) electrons. The first-order valence-electron chi connectivity index (χ1n) is 9.93. The molecule has 0 spiro atoms. The Balaban J connectivity index is 2.41. The molecule has 0 unspecified atom stereocenters. The molecule has 1 heterocycles. The van der Waals surface area contributed by atoms with Crippen LogP contribution in [0.5, 0.6) is 0 Å². The summed E-state index contributed by atoms with van der Waals surface area (Å²) in [5.41, 5.74) is -0.207. The molecular formula is C19H29N3O7S. The normalized spacial score (nSPS) is 19.6. The average Bonchev–Trinajstić information content (AvgIpc) is 3.10. The summed E-state index contributed by atoms with van der Waals surface area (Å²) < 4.78 is 28.2. The van der Waals surface area contributed by atoms with Gasteiger partial charge in [-0.3, -0.25) is 10.1 Å². The first kappa shape index (κ1) is 24.0. The van der Waals surface area contributed by atoms with Gasteiger partial charge in [-0.05, 0) is 43.2 Å². The second-order valence-corrected chi connectivity index (χ2v) is 9.82. The number of hydrogen-bond acceptors (Lipinski definition) is 6. The van der Waals surface area contributed by atoms with Gasteiger partial charge in [-0.15, -0.1) is 0 Å². The van der Waals surface area contributed by atoms with Gasteiger partial charge in [-0.1, -0.05) is 13.8 Å². The maximum Gasteiger partial charge on any atom is 0.407 e. The lowest BCUT2D eigenvalue weighted by Gasteiger charge is -2.32. The number of rotatable bonds is 10. The molecule has 0 saturated carbocycles. The summed E-state index contributed by atoms with van der Waals surface area (Å²) in [4.78, 5) is 23.0.